The predicted molar refractivity (Wildman–Crippen MR) is 193 cm³/mol. The van der Waals surface area contributed by atoms with E-state index in [1.807, 2.05) is 6.08 Å². The van der Waals surface area contributed by atoms with E-state index in [0.717, 1.165) is 4.57 Å². The number of aryl methyl sites for hydroxylation is 2. The number of aromatic nitrogens is 5. The molecule has 7 rings (SSSR count). The minimum atomic E-state index is -1.25. The van der Waals surface area contributed by atoms with Gasteiger partial charge in [0.25, 0.3) is 5.56 Å². The Morgan fingerprint density at radius 2 is 1.75 bits per heavy atom. The number of fused-ring (bicyclic) bond motifs is 5. The number of para-hydroxylation sites is 1. The van der Waals surface area contributed by atoms with Crippen molar-refractivity contribution in [3.8, 4) is 17.2 Å². The predicted octanol–water partition coefficient (Wildman–Crippen LogP) is 3.53. The average molecular weight is 708 g/mol. The molecule has 3 heterocycles. The van der Waals surface area contributed by atoms with Crippen molar-refractivity contribution in [3.63, 3.8) is 0 Å². The molecule has 2 aromatic heterocycles. The molecule has 3 aliphatic rings. The summed E-state index contributed by atoms with van der Waals surface area (Å²) in [6, 6.07) is 7.92. The summed E-state index contributed by atoms with van der Waals surface area (Å²) in [7, 11) is 4.61. The minimum Gasteiger partial charge on any atom is -0.507 e. The highest BCUT2D eigenvalue weighted by molar-refractivity contribution is 6.15. The van der Waals surface area contributed by atoms with Gasteiger partial charge in [0.1, 0.15) is 11.4 Å². The lowest BCUT2D eigenvalue weighted by Gasteiger charge is -2.53. The Hall–Kier alpha value is -5.72. The second-order valence-corrected chi connectivity index (χ2v) is 14.0. The topological polar surface area (TPSA) is 157 Å². The first-order chi connectivity index (χ1) is 24.8. The van der Waals surface area contributed by atoms with Gasteiger partial charge in [0.05, 0.1) is 43.3 Å². The van der Waals surface area contributed by atoms with Crippen molar-refractivity contribution in [1.29, 1.82) is 0 Å². The number of hydrogen-bond acceptors (Lipinski definition) is 9. The van der Waals surface area contributed by atoms with Crippen molar-refractivity contribution in [1.82, 2.24) is 23.5 Å². The second kappa shape index (κ2) is 12.5. The molecule has 1 saturated carbocycles. The molecular weight excluding hydrogens is 666 g/mol. The molecule has 0 amide bonds. The van der Waals surface area contributed by atoms with Crippen LogP contribution in [0.3, 0.4) is 0 Å². The van der Waals surface area contributed by atoms with Gasteiger partial charge in [0.15, 0.2) is 23.1 Å². The molecule has 0 bridgehead atoms. The number of ether oxygens (including phenoxy) is 2. The van der Waals surface area contributed by atoms with Gasteiger partial charge in [-0.3, -0.25) is 14.4 Å². The van der Waals surface area contributed by atoms with Crippen LogP contribution in [-0.4, -0.2) is 54.4 Å². The van der Waals surface area contributed by atoms with E-state index in [-0.39, 0.29) is 54.5 Å². The maximum absolute atomic E-state index is 14.3. The highest BCUT2D eigenvalue weighted by Gasteiger charge is 2.61. The van der Waals surface area contributed by atoms with Gasteiger partial charge in [-0.1, -0.05) is 37.3 Å². The Labute approximate surface area is 298 Å². The summed E-state index contributed by atoms with van der Waals surface area (Å²) in [5, 5.41) is 11.6. The van der Waals surface area contributed by atoms with E-state index in [1.165, 1.54) is 28.2 Å². The fourth-order valence-electron chi connectivity index (χ4n) is 8.68. The summed E-state index contributed by atoms with van der Waals surface area (Å²) in [6.45, 7) is 8.81. The molecule has 2 aromatic carbocycles. The van der Waals surface area contributed by atoms with Gasteiger partial charge in [-0.25, -0.2) is 28.5 Å². The van der Waals surface area contributed by atoms with Crippen molar-refractivity contribution in [2.24, 2.45) is 18.4 Å². The van der Waals surface area contributed by atoms with Crippen molar-refractivity contribution in [2.45, 2.75) is 65.1 Å². The summed E-state index contributed by atoms with van der Waals surface area (Å²) in [4.78, 5) is 74.5. The third kappa shape index (κ3) is 4.81. The van der Waals surface area contributed by atoms with Gasteiger partial charge in [-0.15, -0.1) is 6.58 Å². The smallest absolute Gasteiger partial charge is 0.347 e. The number of phenolic OH excluding ortho intramolecular Hbond substituents is 1. The number of benzene rings is 2. The molecule has 13 nitrogen and oxygen atoms in total. The number of carbonyl (C=O) groups excluding carboxylic acids is 2. The number of methoxy groups -OCH3 is 2. The zero-order chi connectivity index (χ0) is 37.4. The van der Waals surface area contributed by atoms with Crippen LogP contribution in [0.2, 0.25) is 0 Å². The number of phenols is 1. The zero-order valence-electron chi connectivity index (χ0n) is 30.1. The van der Waals surface area contributed by atoms with Crippen LogP contribution in [0.1, 0.15) is 56.0 Å². The molecule has 1 aliphatic heterocycles. The normalized spacial score (nSPS) is 22.5. The quantitative estimate of drug-likeness (QED) is 0.271. The molecule has 52 heavy (non-hydrogen) atoms. The van der Waals surface area contributed by atoms with E-state index in [9.17, 15) is 29.1 Å². The summed E-state index contributed by atoms with van der Waals surface area (Å²) in [6.07, 6.45) is 4.02. The summed E-state index contributed by atoms with van der Waals surface area (Å²) < 4.78 is 16.1. The van der Waals surface area contributed by atoms with Crippen LogP contribution in [0.25, 0.3) is 11.0 Å². The standard InChI is InChI=1S/C39H41N5O8/c1-8-10-22-11-9-12-24(34(22)46)32-23-13-16-43-37(49)42(15-14-26-36(48)41(5)29-19-31(52-7)30(51-6)18-27(29)40-26)38(50)44(43)28(23)17-25-33(45)20(2)21(3)35(47)39(25,32)4/h8-9,11-13,18-19,25,28,32,46H,1,10,14-17H2,2-7H3/t25-,28+,32+,39+/m0/s1. The van der Waals surface area contributed by atoms with Gasteiger partial charge < -0.3 is 19.1 Å². The molecule has 1 N–H and O–H groups in total. The van der Waals surface area contributed by atoms with Crippen LogP contribution >= 0.6 is 0 Å². The van der Waals surface area contributed by atoms with E-state index in [4.69, 9.17) is 9.47 Å². The molecular formula is C39H41N5O8. The summed E-state index contributed by atoms with van der Waals surface area (Å²) in [5.41, 5.74) is 0.910. The first kappa shape index (κ1) is 34.7. The highest BCUT2D eigenvalue weighted by Crippen LogP contribution is 2.61. The van der Waals surface area contributed by atoms with E-state index in [0.29, 0.717) is 56.8 Å². The first-order valence-corrected chi connectivity index (χ1v) is 17.2. The SMILES string of the molecule is C=CCc1cccc([C@H]2C3=CCn4c(=O)n(CCc5nc6cc(OC)c(OC)cc6n(C)c5=O)c(=O)n4[C@@H]3C[C@H]3C(=O)C(C)=C(C)C(=O)[C@@]23C)c1O. The third-order valence-corrected chi connectivity index (χ3v) is 11.6. The summed E-state index contributed by atoms with van der Waals surface area (Å²) in [5.74, 6) is -1.07. The molecule has 4 atom stereocenters. The van der Waals surface area contributed by atoms with E-state index in [1.54, 1.807) is 64.2 Å². The lowest BCUT2D eigenvalue weighted by Crippen LogP contribution is -2.55. The molecule has 270 valence electrons. The fraction of sp³-hybridized carbons (Fsp3) is 0.385. The van der Waals surface area contributed by atoms with Gasteiger partial charge >= 0.3 is 11.4 Å². The Balaban J connectivity index is 1.32. The number of ketones is 2. The van der Waals surface area contributed by atoms with Gasteiger partial charge in [-0.05, 0) is 49.0 Å². The lowest BCUT2D eigenvalue weighted by atomic mass is 9.50. The molecule has 2 aliphatic carbocycles. The van der Waals surface area contributed by atoms with Crippen molar-refractivity contribution in [3.05, 3.63) is 114 Å². The summed E-state index contributed by atoms with van der Waals surface area (Å²) >= 11 is 0. The van der Waals surface area contributed by atoms with E-state index in [2.05, 4.69) is 11.6 Å². The Kier molecular flexibility index (Phi) is 8.34. The fourth-order valence-corrected chi connectivity index (χ4v) is 8.68. The number of hydrogen-bond donors (Lipinski definition) is 1. The van der Waals surface area contributed by atoms with Gasteiger partial charge in [0.2, 0.25) is 0 Å². The Morgan fingerprint density at radius 1 is 1.04 bits per heavy atom. The Bertz CT molecular complexity index is 2480. The number of nitrogens with zero attached hydrogens (tertiary/aromatic N) is 5. The third-order valence-electron chi connectivity index (χ3n) is 11.6. The number of aromatic hydroxyl groups is 1. The molecule has 4 aromatic rings. The lowest BCUT2D eigenvalue weighted by molar-refractivity contribution is -0.140. The Morgan fingerprint density at radius 3 is 2.44 bits per heavy atom. The van der Waals surface area contributed by atoms with E-state index < -0.39 is 34.7 Å². The molecule has 0 radical (unpaired) electrons. The number of allylic oxidation sites excluding steroid dienone is 5. The zero-order valence-corrected chi connectivity index (χ0v) is 30.1. The van der Waals surface area contributed by atoms with Crippen molar-refractivity contribution >= 4 is 22.6 Å². The van der Waals surface area contributed by atoms with Crippen LogP contribution in [-0.2, 0) is 42.6 Å². The van der Waals surface area contributed by atoms with Crippen molar-refractivity contribution < 1.29 is 24.2 Å². The number of rotatable bonds is 8. The maximum atomic E-state index is 14.3. The maximum Gasteiger partial charge on any atom is 0.347 e. The van der Waals surface area contributed by atoms with Gasteiger partial charge in [-0.2, -0.15) is 0 Å². The largest absolute Gasteiger partial charge is 0.507 e. The molecule has 0 unspecified atom stereocenters. The van der Waals surface area contributed by atoms with Crippen LogP contribution in [0.4, 0.5) is 0 Å². The van der Waals surface area contributed by atoms with Crippen LogP contribution < -0.4 is 26.4 Å². The number of carbonyl (C=O) groups is 2. The molecule has 1 fully saturated rings. The molecule has 0 saturated heterocycles. The van der Waals surface area contributed by atoms with Crippen LogP contribution in [0.5, 0.6) is 17.2 Å². The van der Waals surface area contributed by atoms with E-state index >= 15 is 0 Å². The van der Waals surface area contributed by atoms with Crippen molar-refractivity contribution in [2.75, 3.05) is 14.2 Å². The average Bonchev–Trinajstić information content (AvgIpc) is 3.39. The monoisotopic (exact) mass is 707 g/mol. The first-order valence-electron chi connectivity index (χ1n) is 17.2. The number of Topliss-reactive ketones (excluding diaryl/α,β-unsaturated/α-hetero) is 2. The van der Waals surface area contributed by atoms with Crippen LogP contribution in [0, 0.1) is 11.3 Å². The molecule has 0 spiro atoms. The minimum absolute atomic E-state index is 0.00603. The van der Waals surface area contributed by atoms with Gasteiger partial charge in [0, 0.05) is 49.5 Å². The molecule has 13 heteroatoms. The highest BCUT2D eigenvalue weighted by atomic mass is 16.5. The van der Waals surface area contributed by atoms with Crippen LogP contribution in [0.15, 0.2) is 80.2 Å². The second-order valence-electron chi connectivity index (χ2n) is 14.0.